The van der Waals surface area contributed by atoms with Crippen molar-refractivity contribution in [3.05, 3.63) is 0 Å². The maximum atomic E-state index is 9.32. The lowest BCUT2D eigenvalue weighted by Gasteiger charge is -2.45. The zero-order valence-electron chi connectivity index (χ0n) is 11.5. The minimum absolute atomic E-state index is 0.0262. The first-order chi connectivity index (χ1) is 8.76. The molecule has 0 bridgehead atoms. The number of ether oxygens (including phenoxy) is 2. The van der Waals surface area contributed by atoms with E-state index in [1.807, 2.05) is 0 Å². The lowest BCUT2D eigenvalue weighted by Crippen LogP contribution is -2.59. The van der Waals surface area contributed by atoms with Crippen LogP contribution in [0, 0.1) is 5.92 Å². The molecule has 5 nitrogen and oxygen atoms in total. The van der Waals surface area contributed by atoms with Crippen LogP contribution in [0.25, 0.3) is 0 Å². The molecule has 0 saturated carbocycles. The lowest BCUT2D eigenvalue weighted by molar-refractivity contribution is -0.184. The third kappa shape index (κ3) is 3.22. The van der Waals surface area contributed by atoms with Crippen LogP contribution in [0.1, 0.15) is 19.8 Å². The van der Waals surface area contributed by atoms with Gasteiger partial charge >= 0.3 is 0 Å². The Morgan fingerprint density at radius 2 is 2.28 bits per heavy atom. The third-order valence-electron chi connectivity index (χ3n) is 4.03. The molecule has 2 aliphatic rings. The van der Waals surface area contributed by atoms with Gasteiger partial charge in [0.15, 0.2) is 6.35 Å². The average Bonchev–Trinajstić information content (AvgIpc) is 2.42. The minimum Gasteiger partial charge on any atom is -0.396 e. The maximum Gasteiger partial charge on any atom is 0.168 e. The zero-order valence-corrected chi connectivity index (χ0v) is 11.5. The van der Waals surface area contributed by atoms with Crippen LogP contribution in [0.5, 0.6) is 0 Å². The van der Waals surface area contributed by atoms with E-state index >= 15 is 0 Å². The van der Waals surface area contributed by atoms with Gasteiger partial charge in [0, 0.05) is 39.4 Å². The van der Waals surface area contributed by atoms with Crippen LogP contribution in [0.15, 0.2) is 0 Å². The predicted molar refractivity (Wildman–Crippen MR) is 69.2 cm³/mol. The van der Waals surface area contributed by atoms with Crippen LogP contribution in [0.4, 0.5) is 0 Å². The molecule has 106 valence electrons. The summed E-state index contributed by atoms with van der Waals surface area (Å²) in [4.78, 5) is 4.72. The summed E-state index contributed by atoms with van der Waals surface area (Å²) >= 11 is 0. The number of aliphatic hydroxyl groups excluding tert-OH is 1. The van der Waals surface area contributed by atoms with Gasteiger partial charge in [0.25, 0.3) is 0 Å². The zero-order chi connectivity index (χ0) is 13.0. The van der Waals surface area contributed by atoms with E-state index < -0.39 is 0 Å². The maximum absolute atomic E-state index is 9.32. The summed E-state index contributed by atoms with van der Waals surface area (Å²) in [6.45, 7) is 6.92. The molecule has 3 atom stereocenters. The van der Waals surface area contributed by atoms with E-state index in [9.17, 15) is 5.11 Å². The third-order valence-corrected chi connectivity index (χ3v) is 4.03. The standard InChI is InChI=1S/C13H26N2O3/c1-11-10-18-7-6-15(11)13(17-2)14-5-3-4-12(8-14)9-16/h11-13,16H,3-10H2,1-2H3/t11-,12?,13?/m0/s1. The SMILES string of the molecule is COC(N1CCCC(CO)C1)N1CCOC[C@@H]1C. The number of aliphatic hydroxyl groups is 1. The van der Waals surface area contributed by atoms with Crippen molar-refractivity contribution >= 4 is 0 Å². The van der Waals surface area contributed by atoms with E-state index in [0.717, 1.165) is 45.7 Å². The molecule has 2 unspecified atom stereocenters. The normalized spacial score (nSPS) is 33.5. The molecule has 0 aromatic rings. The molecule has 2 heterocycles. The summed E-state index contributed by atoms with van der Waals surface area (Å²) in [5.74, 6) is 0.396. The van der Waals surface area contributed by atoms with Crippen LogP contribution < -0.4 is 0 Å². The molecular formula is C13H26N2O3. The first-order valence-corrected chi connectivity index (χ1v) is 6.97. The van der Waals surface area contributed by atoms with Crippen molar-refractivity contribution in [1.82, 2.24) is 9.80 Å². The number of rotatable bonds is 4. The predicted octanol–water partition coefficient (Wildman–Crippen LogP) is 0.341. The summed E-state index contributed by atoms with van der Waals surface area (Å²) in [6, 6.07) is 0.387. The number of morpholine rings is 1. The Hall–Kier alpha value is -0.200. The minimum atomic E-state index is 0.0262. The van der Waals surface area contributed by atoms with E-state index in [1.165, 1.54) is 0 Å². The van der Waals surface area contributed by atoms with Gasteiger partial charge in [-0.15, -0.1) is 0 Å². The molecule has 0 radical (unpaired) electrons. The van der Waals surface area contributed by atoms with Crippen LogP contribution in [-0.2, 0) is 9.47 Å². The number of piperidine rings is 1. The highest BCUT2D eigenvalue weighted by Gasteiger charge is 2.33. The van der Waals surface area contributed by atoms with Gasteiger partial charge in [0.1, 0.15) is 0 Å². The highest BCUT2D eigenvalue weighted by atomic mass is 16.5. The van der Waals surface area contributed by atoms with Crippen LogP contribution >= 0.6 is 0 Å². The molecular weight excluding hydrogens is 232 g/mol. The van der Waals surface area contributed by atoms with E-state index in [0.29, 0.717) is 12.0 Å². The van der Waals surface area contributed by atoms with Gasteiger partial charge in [-0.05, 0) is 25.7 Å². The molecule has 0 amide bonds. The van der Waals surface area contributed by atoms with Crippen molar-refractivity contribution in [2.45, 2.75) is 32.2 Å². The number of likely N-dealkylation sites (tertiary alicyclic amines) is 1. The van der Waals surface area contributed by atoms with Crippen molar-refractivity contribution < 1.29 is 14.6 Å². The summed E-state index contributed by atoms with van der Waals surface area (Å²) in [6.07, 6.45) is 2.30. The fourth-order valence-corrected chi connectivity index (χ4v) is 3.01. The number of hydrogen-bond donors (Lipinski definition) is 1. The first kappa shape index (κ1) is 14.2. The molecule has 18 heavy (non-hydrogen) atoms. The molecule has 5 heteroatoms. The molecule has 2 aliphatic heterocycles. The summed E-state index contributed by atoms with van der Waals surface area (Å²) in [5.41, 5.74) is 0. The van der Waals surface area contributed by atoms with Crippen molar-refractivity contribution in [2.75, 3.05) is 46.6 Å². The van der Waals surface area contributed by atoms with Gasteiger partial charge in [0.05, 0.1) is 13.2 Å². The second-order valence-electron chi connectivity index (χ2n) is 5.41. The Morgan fingerprint density at radius 1 is 1.44 bits per heavy atom. The van der Waals surface area contributed by atoms with Gasteiger partial charge in [0.2, 0.25) is 0 Å². The van der Waals surface area contributed by atoms with E-state index in [4.69, 9.17) is 9.47 Å². The number of methoxy groups -OCH3 is 1. The quantitative estimate of drug-likeness (QED) is 0.788. The monoisotopic (exact) mass is 258 g/mol. The molecule has 0 aromatic heterocycles. The highest BCUT2D eigenvalue weighted by Crippen LogP contribution is 2.22. The van der Waals surface area contributed by atoms with Gasteiger partial charge in [-0.3, -0.25) is 9.80 Å². The van der Waals surface area contributed by atoms with Gasteiger partial charge in [-0.1, -0.05) is 0 Å². The van der Waals surface area contributed by atoms with E-state index in [-0.39, 0.29) is 13.0 Å². The van der Waals surface area contributed by atoms with Crippen molar-refractivity contribution in [3.8, 4) is 0 Å². The fourth-order valence-electron chi connectivity index (χ4n) is 3.01. The summed E-state index contributed by atoms with van der Waals surface area (Å²) < 4.78 is 11.2. The fraction of sp³-hybridized carbons (Fsp3) is 1.00. The highest BCUT2D eigenvalue weighted by molar-refractivity contribution is 4.79. The number of nitrogens with zero attached hydrogens (tertiary/aromatic N) is 2. The molecule has 2 fully saturated rings. The van der Waals surface area contributed by atoms with E-state index in [1.54, 1.807) is 7.11 Å². The van der Waals surface area contributed by atoms with Crippen LogP contribution in [0.2, 0.25) is 0 Å². The summed E-state index contributed by atoms with van der Waals surface area (Å²) in [7, 11) is 1.77. The Kier molecular flexibility index (Phi) is 5.38. The molecule has 0 aromatic carbocycles. The van der Waals surface area contributed by atoms with Crippen molar-refractivity contribution in [1.29, 1.82) is 0 Å². The Bertz CT molecular complexity index is 252. The first-order valence-electron chi connectivity index (χ1n) is 6.97. The second kappa shape index (κ2) is 6.82. The molecule has 2 rings (SSSR count). The van der Waals surface area contributed by atoms with Gasteiger partial charge in [-0.2, -0.15) is 0 Å². The van der Waals surface area contributed by atoms with Crippen LogP contribution in [-0.4, -0.2) is 73.9 Å². The number of hydrogen-bond acceptors (Lipinski definition) is 5. The Morgan fingerprint density at radius 3 is 2.94 bits per heavy atom. The van der Waals surface area contributed by atoms with Crippen molar-refractivity contribution in [3.63, 3.8) is 0 Å². The Balaban J connectivity index is 1.98. The van der Waals surface area contributed by atoms with Gasteiger partial charge < -0.3 is 14.6 Å². The smallest absolute Gasteiger partial charge is 0.168 e. The Labute approximate surface area is 110 Å². The molecule has 2 saturated heterocycles. The topological polar surface area (TPSA) is 45.2 Å². The lowest BCUT2D eigenvalue weighted by atomic mass is 9.99. The average molecular weight is 258 g/mol. The largest absolute Gasteiger partial charge is 0.396 e. The van der Waals surface area contributed by atoms with Gasteiger partial charge in [-0.25, -0.2) is 0 Å². The second-order valence-corrected chi connectivity index (χ2v) is 5.41. The van der Waals surface area contributed by atoms with E-state index in [2.05, 4.69) is 16.7 Å². The molecule has 0 aliphatic carbocycles. The van der Waals surface area contributed by atoms with Crippen LogP contribution in [0.3, 0.4) is 0 Å². The molecule has 0 spiro atoms. The summed E-state index contributed by atoms with van der Waals surface area (Å²) in [5, 5.41) is 9.32. The van der Waals surface area contributed by atoms with Crippen molar-refractivity contribution in [2.24, 2.45) is 5.92 Å². The molecule has 1 N–H and O–H groups in total.